The highest BCUT2D eigenvalue weighted by Crippen LogP contribution is 2.20. The van der Waals surface area contributed by atoms with E-state index in [-0.39, 0.29) is 11.3 Å². The van der Waals surface area contributed by atoms with E-state index in [0.717, 1.165) is 12.1 Å². The maximum atomic E-state index is 13.7. The molecule has 0 atom stereocenters. The van der Waals surface area contributed by atoms with Crippen molar-refractivity contribution in [3.05, 3.63) is 63.3 Å². The van der Waals surface area contributed by atoms with Gasteiger partial charge in [0, 0.05) is 23.5 Å². The zero-order valence-corrected chi connectivity index (χ0v) is 9.95. The van der Waals surface area contributed by atoms with Gasteiger partial charge in [-0.3, -0.25) is 4.79 Å². The number of pyridine rings is 1. The molecule has 3 nitrogen and oxygen atoms in total. The summed E-state index contributed by atoms with van der Waals surface area (Å²) in [6, 6.07) is 3.04. The van der Waals surface area contributed by atoms with Crippen LogP contribution in [0, 0.1) is 24.4 Å². The lowest BCUT2D eigenvalue weighted by Gasteiger charge is -2.13. The van der Waals surface area contributed by atoms with Crippen molar-refractivity contribution in [1.29, 1.82) is 0 Å². The number of aryl methyl sites for hydroxylation is 1. The molecule has 1 aromatic heterocycles. The molecule has 0 saturated heterocycles. The number of benzene rings is 1. The lowest BCUT2D eigenvalue weighted by Crippen LogP contribution is -2.15. The highest BCUT2D eigenvalue weighted by molar-refractivity contribution is 5.38. The molecule has 0 unspecified atom stereocenters. The molecule has 6 heteroatoms. The Morgan fingerprint density at radius 2 is 1.89 bits per heavy atom. The molecule has 0 aliphatic heterocycles. The summed E-state index contributed by atoms with van der Waals surface area (Å²) in [4.78, 5) is 11.5. The SMILES string of the molecule is Cc1cc(=O)c(CO)cn1-c1ccc(F)c(F)c1F. The number of rotatable bonds is 2. The summed E-state index contributed by atoms with van der Waals surface area (Å²) in [6.07, 6.45) is 1.20. The Labute approximate surface area is 106 Å². The zero-order chi connectivity index (χ0) is 14.2. The summed E-state index contributed by atoms with van der Waals surface area (Å²) in [6.45, 7) is 0.994. The van der Waals surface area contributed by atoms with Crippen LogP contribution in [0.1, 0.15) is 11.3 Å². The summed E-state index contributed by atoms with van der Waals surface area (Å²) in [5.41, 5.74) is -0.257. The second-order valence-electron chi connectivity index (χ2n) is 4.03. The van der Waals surface area contributed by atoms with E-state index in [2.05, 4.69) is 0 Å². The summed E-state index contributed by atoms with van der Waals surface area (Å²) < 4.78 is 40.9. The Bertz CT molecular complexity index is 695. The minimum absolute atomic E-state index is 0.0368. The fraction of sp³-hybridized carbons (Fsp3) is 0.154. The van der Waals surface area contributed by atoms with Crippen LogP contribution < -0.4 is 5.43 Å². The van der Waals surface area contributed by atoms with Crippen molar-refractivity contribution in [2.24, 2.45) is 0 Å². The average molecular weight is 269 g/mol. The third-order valence-electron chi connectivity index (χ3n) is 2.77. The molecule has 0 amide bonds. The number of hydrogen-bond donors (Lipinski definition) is 1. The molecular formula is C13H10F3NO2. The van der Waals surface area contributed by atoms with Crippen LogP contribution in [0.25, 0.3) is 5.69 Å². The number of hydrogen-bond acceptors (Lipinski definition) is 2. The topological polar surface area (TPSA) is 42.2 Å². The number of halogens is 3. The molecule has 100 valence electrons. The van der Waals surface area contributed by atoms with Gasteiger partial charge >= 0.3 is 0 Å². The van der Waals surface area contributed by atoms with Crippen LogP contribution >= 0.6 is 0 Å². The van der Waals surface area contributed by atoms with E-state index in [1.807, 2.05) is 0 Å². The van der Waals surface area contributed by atoms with Crippen molar-refractivity contribution in [3.63, 3.8) is 0 Å². The predicted molar refractivity (Wildman–Crippen MR) is 62.6 cm³/mol. The first-order chi connectivity index (χ1) is 8.95. The van der Waals surface area contributed by atoms with Gasteiger partial charge in [0.25, 0.3) is 0 Å². The summed E-state index contributed by atoms with van der Waals surface area (Å²) in [5.74, 6) is -4.22. The molecule has 1 aromatic carbocycles. The Morgan fingerprint density at radius 1 is 1.21 bits per heavy atom. The number of aliphatic hydroxyl groups is 1. The fourth-order valence-corrected chi connectivity index (χ4v) is 1.75. The predicted octanol–water partition coefficient (Wildman–Crippen LogP) is 2.06. The summed E-state index contributed by atoms with van der Waals surface area (Å²) in [5, 5.41) is 9.01. The Morgan fingerprint density at radius 3 is 2.53 bits per heavy atom. The molecular weight excluding hydrogens is 259 g/mol. The van der Waals surface area contributed by atoms with Crippen LogP contribution in [0.3, 0.4) is 0 Å². The number of nitrogens with zero attached hydrogens (tertiary/aromatic N) is 1. The van der Waals surface area contributed by atoms with Crippen LogP contribution in [-0.4, -0.2) is 9.67 Å². The molecule has 0 aliphatic rings. The first-order valence-electron chi connectivity index (χ1n) is 5.42. The maximum Gasteiger partial charge on any atom is 0.196 e. The van der Waals surface area contributed by atoms with Crippen LogP contribution in [-0.2, 0) is 6.61 Å². The largest absolute Gasteiger partial charge is 0.391 e. The number of aliphatic hydroxyl groups excluding tert-OH is 1. The highest BCUT2D eigenvalue weighted by Gasteiger charge is 2.16. The minimum Gasteiger partial charge on any atom is -0.391 e. The molecule has 0 radical (unpaired) electrons. The molecule has 2 aromatic rings. The first-order valence-corrected chi connectivity index (χ1v) is 5.42. The van der Waals surface area contributed by atoms with Crippen LogP contribution in [0.2, 0.25) is 0 Å². The Kier molecular flexibility index (Phi) is 3.44. The van der Waals surface area contributed by atoms with Crippen LogP contribution in [0.4, 0.5) is 13.2 Å². The molecule has 0 bridgehead atoms. The molecule has 0 aliphatic carbocycles. The monoisotopic (exact) mass is 269 g/mol. The van der Waals surface area contributed by atoms with Gasteiger partial charge in [0.15, 0.2) is 22.9 Å². The van der Waals surface area contributed by atoms with Gasteiger partial charge in [-0.15, -0.1) is 0 Å². The van der Waals surface area contributed by atoms with Crippen LogP contribution in [0.15, 0.2) is 29.2 Å². The fourth-order valence-electron chi connectivity index (χ4n) is 1.75. The van der Waals surface area contributed by atoms with Gasteiger partial charge < -0.3 is 9.67 Å². The van der Waals surface area contributed by atoms with E-state index < -0.39 is 29.5 Å². The van der Waals surface area contributed by atoms with E-state index in [0.29, 0.717) is 5.69 Å². The average Bonchev–Trinajstić information content (AvgIpc) is 2.37. The smallest absolute Gasteiger partial charge is 0.196 e. The van der Waals surface area contributed by atoms with E-state index in [1.165, 1.54) is 23.8 Å². The third-order valence-corrected chi connectivity index (χ3v) is 2.77. The van der Waals surface area contributed by atoms with Gasteiger partial charge in [-0.05, 0) is 19.1 Å². The standard InChI is InChI=1S/C13H10F3NO2/c1-7-4-11(19)8(6-18)5-17(7)10-3-2-9(14)12(15)13(10)16/h2-5,18H,6H2,1H3. The summed E-state index contributed by atoms with van der Waals surface area (Å²) >= 11 is 0. The zero-order valence-electron chi connectivity index (χ0n) is 9.95. The molecule has 19 heavy (non-hydrogen) atoms. The van der Waals surface area contributed by atoms with Crippen molar-refractivity contribution in [3.8, 4) is 5.69 Å². The van der Waals surface area contributed by atoms with Gasteiger partial charge in [0.1, 0.15) is 0 Å². The molecule has 0 saturated carbocycles. The highest BCUT2D eigenvalue weighted by atomic mass is 19.2. The molecule has 0 spiro atoms. The van der Waals surface area contributed by atoms with Crippen molar-refractivity contribution in [2.75, 3.05) is 0 Å². The van der Waals surface area contributed by atoms with Gasteiger partial charge in [0.05, 0.1) is 12.3 Å². The Hall–Kier alpha value is -2.08. The van der Waals surface area contributed by atoms with Gasteiger partial charge in [-0.2, -0.15) is 0 Å². The number of aromatic nitrogens is 1. The van der Waals surface area contributed by atoms with Crippen molar-refractivity contribution < 1.29 is 18.3 Å². The second kappa shape index (κ2) is 4.89. The molecule has 1 heterocycles. The van der Waals surface area contributed by atoms with Gasteiger partial charge in [-0.1, -0.05) is 0 Å². The molecule has 1 N–H and O–H groups in total. The van der Waals surface area contributed by atoms with Crippen LogP contribution in [0.5, 0.6) is 0 Å². The van der Waals surface area contributed by atoms with E-state index >= 15 is 0 Å². The quantitative estimate of drug-likeness (QED) is 0.848. The molecule has 2 rings (SSSR count). The lowest BCUT2D eigenvalue weighted by molar-refractivity contribution is 0.280. The van der Waals surface area contributed by atoms with E-state index in [9.17, 15) is 18.0 Å². The minimum atomic E-state index is -1.58. The normalized spacial score (nSPS) is 10.8. The van der Waals surface area contributed by atoms with Crippen molar-refractivity contribution in [2.45, 2.75) is 13.5 Å². The third kappa shape index (κ3) is 2.26. The van der Waals surface area contributed by atoms with E-state index in [4.69, 9.17) is 5.11 Å². The lowest BCUT2D eigenvalue weighted by atomic mass is 10.2. The molecule has 0 fully saturated rings. The van der Waals surface area contributed by atoms with Crippen molar-refractivity contribution in [1.82, 2.24) is 4.57 Å². The first kappa shape index (κ1) is 13.4. The second-order valence-corrected chi connectivity index (χ2v) is 4.03. The van der Waals surface area contributed by atoms with Gasteiger partial charge in [0.2, 0.25) is 0 Å². The van der Waals surface area contributed by atoms with Crippen molar-refractivity contribution >= 4 is 0 Å². The van der Waals surface area contributed by atoms with Gasteiger partial charge in [-0.25, -0.2) is 13.2 Å². The van der Waals surface area contributed by atoms with E-state index in [1.54, 1.807) is 0 Å². The Balaban J connectivity index is 2.72. The maximum absolute atomic E-state index is 13.7. The summed E-state index contributed by atoms with van der Waals surface area (Å²) in [7, 11) is 0.